The molecule has 0 unspecified atom stereocenters. The Bertz CT molecular complexity index is 3270. The van der Waals surface area contributed by atoms with Crippen molar-refractivity contribution in [3.05, 3.63) is 135 Å². The van der Waals surface area contributed by atoms with Crippen LogP contribution >= 0.6 is 0 Å². The Morgan fingerprint density at radius 2 is 1.75 bits per heavy atom. The molecule has 2 saturated carbocycles. The second-order valence-corrected chi connectivity index (χ2v) is 22.4. The summed E-state index contributed by atoms with van der Waals surface area (Å²) in [5.74, 6) is 0.783. The van der Waals surface area contributed by atoms with Crippen LogP contribution < -0.4 is 24.4 Å². The number of rotatable bonds is 15. The number of piperazine rings is 1. The maximum absolute atomic E-state index is 14.9. The number of nitrogens with one attached hydrogen (secondary N) is 3. The number of aromatic amines is 1. The summed E-state index contributed by atoms with van der Waals surface area (Å²) in [6.45, 7) is 6.70. The van der Waals surface area contributed by atoms with Crippen molar-refractivity contribution in [2.75, 3.05) is 56.6 Å². The van der Waals surface area contributed by atoms with Gasteiger partial charge in [-0.1, -0.05) is 36.3 Å². The molecule has 10 rings (SSSR count). The van der Waals surface area contributed by atoms with E-state index in [4.69, 9.17) is 15.9 Å². The number of sulfonamides is 1. The van der Waals surface area contributed by atoms with Crippen molar-refractivity contribution in [3.63, 3.8) is 0 Å². The third-order valence-corrected chi connectivity index (χ3v) is 17.1. The van der Waals surface area contributed by atoms with E-state index in [1.54, 1.807) is 19.1 Å². The first-order valence-electron chi connectivity index (χ1n) is 25.2. The highest BCUT2D eigenvalue weighted by Gasteiger charge is 2.50. The van der Waals surface area contributed by atoms with E-state index in [1.807, 2.05) is 35.1 Å². The molecule has 1 amide bonds. The molecule has 4 fully saturated rings. The number of aromatic nitrogens is 3. The van der Waals surface area contributed by atoms with Crippen LogP contribution in [0.1, 0.15) is 91.4 Å². The van der Waals surface area contributed by atoms with Crippen molar-refractivity contribution in [2.24, 2.45) is 11.3 Å². The molecule has 75 heavy (non-hydrogen) atoms. The Balaban J connectivity index is 0.856. The first kappa shape index (κ1) is 51.3. The number of H-pyrrole nitrogens is 1. The number of pyridine rings is 2. The normalized spacial score (nSPS) is 21.3. The number of amides is 1. The minimum Gasteiger partial charge on any atom is -0.478 e. The summed E-state index contributed by atoms with van der Waals surface area (Å²) < 4.78 is 70.2. The molecule has 17 nitrogen and oxygen atoms in total. The Kier molecular flexibility index (Phi) is 14.3. The number of nitro groups is 1. The van der Waals surface area contributed by atoms with Crippen LogP contribution in [-0.2, 0) is 16.6 Å². The van der Waals surface area contributed by atoms with Gasteiger partial charge in [-0.3, -0.25) is 24.7 Å². The van der Waals surface area contributed by atoms with Crippen molar-refractivity contribution in [1.82, 2.24) is 29.5 Å². The number of benzene rings is 3. The molecular weight excluding hydrogens is 985 g/mol. The SMILES string of the molecule is C#Cc1ccccc1[C@@H]1CN(Cc2ccc(F)cc2)CCN1C1CC2(CCN(c3ccc(C(=O)NS(=O)(=O)c4cnc(NCC5CCC(C)(O)CC5)c([N+](=O)[O-])c4)c(Oc4cc5c(F)c[nH]c5nc4OC)c3)CC2)C1. The number of terminal acetylenes is 1. The van der Waals surface area contributed by atoms with Gasteiger partial charge in [0.25, 0.3) is 21.8 Å². The molecule has 0 bridgehead atoms. The molecule has 20 heteroatoms. The summed E-state index contributed by atoms with van der Waals surface area (Å²) in [5.41, 5.74) is 2.50. The Labute approximate surface area is 433 Å². The number of methoxy groups -OCH3 is 1. The van der Waals surface area contributed by atoms with Crippen LogP contribution in [0, 0.1) is 45.4 Å². The van der Waals surface area contributed by atoms with Gasteiger partial charge in [-0.05, 0) is 111 Å². The van der Waals surface area contributed by atoms with Crippen LogP contribution in [0.4, 0.5) is 26.0 Å². The first-order chi connectivity index (χ1) is 36.0. The maximum Gasteiger partial charge on any atom is 0.312 e. The average Bonchev–Trinajstić information content (AvgIpc) is 3.76. The van der Waals surface area contributed by atoms with Gasteiger partial charge in [0.15, 0.2) is 5.75 Å². The minimum atomic E-state index is -4.76. The summed E-state index contributed by atoms with van der Waals surface area (Å²) in [6, 6.07) is 22.2. The summed E-state index contributed by atoms with van der Waals surface area (Å²) in [6.07, 6.45) is 14.5. The van der Waals surface area contributed by atoms with Crippen LogP contribution in [0.3, 0.4) is 0 Å². The second kappa shape index (κ2) is 20.9. The standard InChI is InChI=1S/C55H59F2N9O8S/c1-4-37-7-5-6-8-42(37)47-34-63(33-36-9-11-38(56)12-10-36)23-24-65(47)40-28-55(29-40)19-21-64(22-20-55)39-13-14-43(48(25-39)74-49-27-44-45(57)32-60-50(44)61-53(49)73-3)52(67)62-75(71,72)41-26-46(66(69)70)51(59-31-41)58-30-35-15-17-54(2,68)18-16-35/h1,5-14,25-27,31-32,35,40,47,68H,15-24,28-30,33-34H2,2-3H3,(H,58,59)(H,60,61)(H,62,67)/t35?,47-,54?/m0/s1. The number of fused-ring (bicyclic) bond motifs is 1. The highest BCUT2D eigenvalue weighted by Crippen LogP contribution is 2.53. The van der Waals surface area contributed by atoms with Gasteiger partial charge < -0.3 is 29.8 Å². The maximum atomic E-state index is 14.9. The lowest BCUT2D eigenvalue weighted by molar-refractivity contribution is -0.384. The third-order valence-electron chi connectivity index (χ3n) is 15.8. The molecule has 4 N–H and O–H groups in total. The molecule has 5 heterocycles. The molecule has 0 radical (unpaired) electrons. The van der Waals surface area contributed by atoms with E-state index in [2.05, 4.69) is 47.0 Å². The molecule has 4 aliphatic rings. The predicted octanol–water partition coefficient (Wildman–Crippen LogP) is 8.71. The molecular formula is C55H59F2N9O8S. The van der Waals surface area contributed by atoms with E-state index >= 15 is 0 Å². The second-order valence-electron chi connectivity index (χ2n) is 20.8. The van der Waals surface area contributed by atoms with Crippen LogP contribution in [-0.4, -0.2) is 107 Å². The largest absolute Gasteiger partial charge is 0.478 e. The number of ether oxygens (including phenoxy) is 2. The van der Waals surface area contributed by atoms with Gasteiger partial charge in [0.2, 0.25) is 5.82 Å². The van der Waals surface area contributed by atoms with Gasteiger partial charge in [0, 0.05) is 93.5 Å². The van der Waals surface area contributed by atoms with Gasteiger partial charge in [0.05, 0.1) is 34.8 Å². The minimum absolute atomic E-state index is 0.0325. The molecule has 2 aliphatic carbocycles. The number of carbonyl (C=O) groups is 1. The van der Waals surface area contributed by atoms with Crippen molar-refractivity contribution in [3.8, 4) is 29.7 Å². The smallest absolute Gasteiger partial charge is 0.312 e. The van der Waals surface area contributed by atoms with Crippen LogP contribution in [0.25, 0.3) is 11.0 Å². The zero-order chi connectivity index (χ0) is 52.6. The van der Waals surface area contributed by atoms with Crippen molar-refractivity contribution in [2.45, 2.75) is 87.4 Å². The van der Waals surface area contributed by atoms with E-state index in [0.29, 0.717) is 63.6 Å². The summed E-state index contributed by atoms with van der Waals surface area (Å²) in [5, 5.41) is 25.6. The lowest BCUT2D eigenvalue weighted by atomic mass is 9.59. The molecule has 2 saturated heterocycles. The number of halogens is 2. The number of aliphatic hydroxyl groups is 1. The van der Waals surface area contributed by atoms with Crippen LogP contribution in [0.15, 0.2) is 96.2 Å². The third kappa shape index (κ3) is 11.0. The van der Waals surface area contributed by atoms with E-state index < -0.39 is 42.9 Å². The Morgan fingerprint density at radius 1 is 1.00 bits per heavy atom. The van der Waals surface area contributed by atoms with Crippen molar-refractivity contribution >= 4 is 44.2 Å². The van der Waals surface area contributed by atoms with Crippen molar-refractivity contribution in [1.29, 1.82) is 0 Å². The number of carbonyl (C=O) groups excluding carboxylic acids is 1. The summed E-state index contributed by atoms with van der Waals surface area (Å²) in [4.78, 5) is 43.4. The summed E-state index contributed by atoms with van der Waals surface area (Å²) in [7, 11) is -3.40. The van der Waals surface area contributed by atoms with Gasteiger partial charge in [-0.25, -0.2) is 26.9 Å². The molecule has 3 aromatic heterocycles. The Morgan fingerprint density at radius 3 is 2.47 bits per heavy atom. The van der Waals surface area contributed by atoms with Gasteiger partial charge in [-0.15, -0.1) is 6.42 Å². The highest BCUT2D eigenvalue weighted by molar-refractivity contribution is 7.90. The van der Waals surface area contributed by atoms with E-state index in [1.165, 1.54) is 31.4 Å². The zero-order valence-electron chi connectivity index (χ0n) is 41.7. The lowest BCUT2D eigenvalue weighted by Gasteiger charge is -2.58. The number of piperidine rings is 1. The zero-order valence-corrected chi connectivity index (χ0v) is 42.5. The quantitative estimate of drug-likeness (QED) is 0.0431. The van der Waals surface area contributed by atoms with Gasteiger partial charge in [0.1, 0.15) is 27.9 Å². The fourth-order valence-electron chi connectivity index (χ4n) is 11.4. The Hall–Kier alpha value is -7.18. The van der Waals surface area contributed by atoms with E-state index in [0.717, 1.165) is 80.5 Å². The molecule has 6 aromatic rings. The topological polar surface area (TPSA) is 208 Å². The number of anilines is 2. The molecule has 392 valence electrons. The van der Waals surface area contributed by atoms with Gasteiger partial charge in [-0.2, -0.15) is 4.98 Å². The number of hydrogen-bond acceptors (Lipinski definition) is 14. The lowest BCUT2D eigenvalue weighted by Crippen LogP contribution is -2.59. The first-order valence-corrected chi connectivity index (χ1v) is 26.7. The average molecular weight is 1040 g/mol. The fraction of sp³-hybridized carbons (Fsp3) is 0.400. The highest BCUT2D eigenvalue weighted by atomic mass is 32.2. The monoisotopic (exact) mass is 1040 g/mol. The van der Waals surface area contributed by atoms with Crippen molar-refractivity contribution < 1.29 is 41.5 Å². The van der Waals surface area contributed by atoms with Crippen LogP contribution in [0.5, 0.6) is 17.4 Å². The van der Waals surface area contributed by atoms with Gasteiger partial charge >= 0.3 is 5.69 Å². The predicted molar refractivity (Wildman–Crippen MR) is 278 cm³/mol. The van der Waals surface area contributed by atoms with E-state index in [-0.39, 0.29) is 63.0 Å². The van der Waals surface area contributed by atoms with Crippen LogP contribution in [0.2, 0.25) is 0 Å². The molecule has 1 atom stereocenters. The molecule has 3 aromatic carbocycles. The van der Waals surface area contributed by atoms with E-state index in [9.17, 15) is 37.2 Å². The summed E-state index contributed by atoms with van der Waals surface area (Å²) >= 11 is 0. The number of hydrogen-bond donors (Lipinski definition) is 4. The molecule has 1 spiro atoms. The molecule has 2 aliphatic heterocycles. The fourth-order valence-corrected chi connectivity index (χ4v) is 12.4. The number of nitrogens with zero attached hydrogens (tertiary/aromatic N) is 6.